The van der Waals surface area contributed by atoms with Gasteiger partial charge >= 0.3 is 6.18 Å². The van der Waals surface area contributed by atoms with E-state index in [2.05, 4.69) is 15.1 Å². The zero-order valence-corrected chi connectivity index (χ0v) is 10.5. The van der Waals surface area contributed by atoms with Crippen LogP contribution in [0.4, 0.5) is 13.2 Å². The molecule has 1 saturated carbocycles. The number of fused-ring (bicyclic) bond motifs is 1. The molecule has 1 aliphatic rings. The maximum Gasteiger partial charge on any atom is 0.451 e. The molecule has 4 nitrogen and oxygen atoms in total. The van der Waals surface area contributed by atoms with Gasteiger partial charge in [-0.05, 0) is 12.8 Å². The number of nitrogens with zero attached hydrogens (tertiary/aromatic N) is 4. The Kier molecular flexibility index (Phi) is 2.88. The summed E-state index contributed by atoms with van der Waals surface area (Å²) < 4.78 is 39.6. The molecule has 1 aliphatic carbocycles. The molecular weight excluding hydrogens is 281 g/mol. The zero-order valence-electron chi connectivity index (χ0n) is 9.78. The van der Waals surface area contributed by atoms with E-state index >= 15 is 0 Å². The minimum Gasteiger partial charge on any atom is -0.244 e. The van der Waals surface area contributed by atoms with E-state index in [9.17, 15) is 13.2 Å². The molecule has 0 radical (unpaired) electrons. The molecule has 2 aromatic heterocycles. The van der Waals surface area contributed by atoms with E-state index in [-0.39, 0.29) is 16.8 Å². The van der Waals surface area contributed by atoms with Gasteiger partial charge in [-0.2, -0.15) is 18.3 Å². The maximum absolute atomic E-state index is 12.7. The predicted octanol–water partition coefficient (Wildman–Crippen LogP) is 3.61. The summed E-state index contributed by atoms with van der Waals surface area (Å²) >= 11 is 5.78. The molecule has 0 N–H and O–H groups in total. The van der Waals surface area contributed by atoms with Crippen molar-refractivity contribution in [3.63, 3.8) is 0 Å². The summed E-state index contributed by atoms with van der Waals surface area (Å²) in [6.45, 7) is 0. The molecule has 0 aromatic carbocycles. The average molecular weight is 291 g/mol. The fourth-order valence-corrected chi connectivity index (χ4v) is 2.65. The maximum atomic E-state index is 12.7. The summed E-state index contributed by atoms with van der Waals surface area (Å²) in [4.78, 5) is 6.88. The molecular formula is C11H10ClF3N4. The first-order valence-electron chi connectivity index (χ1n) is 5.95. The topological polar surface area (TPSA) is 43.6 Å². The van der Waals surface area contributed by atoms with Gasteiger partial charge in [0.1, 0.15) is 5.15 Å². The van der Waals surface area contributed by atoms with Crippen LogP contribution in [0.25, 0.3) is 11.0 Å². The molecule has 2 aromatic rings. The molecule has 1 fully saturated rings. The molecule has 0 spiro atoms. The van der Waals surface area contributed by atoms with Crippen molar-refractivity contribution in [1.82, 2.24) is 19.7 Å². The Balaban J connectivity index is 2.17. The van der Waals surface area contributed by atoms with Gasteiger partial charge in [0.25, 0.3) is 0 Å². The minimum absolute atomic E-state index is 0.101. The van der Waals surface area contributed by atoms with Gasteiger partial charge < -0.3 is 0 Å². The van der Waals surface area contributed by atoms with E-state index < -0.39 is 12.0 Å². The number of hydrogen-bond acceptors (Lipinski definition) is 3. The standard InChI is InChI=1S/C11H10ClF3N4/c12-8-7-5-16-19(6-3-1-2-4-6)9(7)18-10(17-8)11(13,14)15/h5-6H,1-4H2. The van der Waals surface area contributed by atoms with Gasteiger partial charge in [-0.15, -0.1) is 0 Å². The van der Waals surface area contributed by atoms with Crippen LogP contribution in [0.3, 0.4) is 0 Å². The lowest BCUT2D eigenvalue weighted by atomic mass is 10.2. The molecule has 19 heavy (non-hydrogen) atoms. The first-order chi connectivity index (χ1) is 8.97. The highest BCUT2D eigenvalue weighted by Gasteiger charge is 2.36. The Labute approximate surface area is 111 Å². The molecule has 0 aliphatic heterocycles. The average Bonchev–Trinajstić information content (AvgIpc) is 2.94. The van der Waals surface area contributed by atoms with Crippen LogP contribution in [-0.2, 0) is 6.18 Å². The fourth-order valence-electron chi connectivity index (χ4n) is 2.43. The van der Waals surface area contributed by atoms with Gasteiger partial charge in [0.05, 0.1) is 17.6 Å². The van der Waals surface area contributed by atoms with Crippen molar-refractivity contribution in [3.05, 3.63) is 17.2 Å². The van der Waals surface area contributed by atoms with Crippen LogP contribution in [0.2, 0.25) is 5.15 Å². The van der Waals surface area contributed by atoms with Gasteiger partial charge in [-0.3, -0.25) is 0 Å². The predicted molar refractivity (Wildman–Crippen MR) is 62.8 cm³/mol. The highest BCUT2D eigenvalue weighted by Crippen LogP contribution is 2.34. The number of hydrogen-bond donors (Lipinski definition) is 0. The monoisotopic (exact) mass is 290 g/mol. The van der Waals surface area contributed by atoms with Crippen molar-refractivity contribution < 1.29 is 13.2 Å². The highest BCUT2D eigenvalue weighted by atomic mass is 35.5. The third-order valence-corrected chi connectivity index (χ3v) is 3.62. The molecule has 2 heterocycles. The Morgan fingerprint density at radius 3 is 2.53 bits per heavy atom. The van der Waals surface area contributed by atoms with Crippen molar-refractivity contribution in [2.75, 3.05) is 0 Å². The Hall–Kier alpha value is -1.37. The van der Waals surface area contributed by atoms with Gasteiger partial charge in [0, 0.05) is 0 Å². The van der Waals surface area contributed by atoms with Crippen molar-refractivity contribution in [3.8, 4) is 0 Å². The molecule has 0 saturated heterocycles. The lowest BCUT2D eigenvalue weighted by Gasteiger charge is -2.11. The Morgan fingerprint density at radius 1 is 1.21 bits per heavy atom. The highest BCUT2D eigenvalue weighted by molar-refractivity contribution is 6.33. The lowest BCUT2D eigenvalue weighted by Crippen LogP contribution is -2.13. The molecule has 102 valence electrons. The van der Waals surface area contributed by atoms with Gasteiger partial charge in [0.2, 0.25) is 5.82 Å². The third kappa shape index (κ3) is 2.16. The number of alkyl halides is 3. The molecule has 0 amide bonds. The molecule has 0 bridgehead atoms. The quantitative estimate of drug-likeness (QED) is 0.754. The zero-order chi connectivity index (χ0) is 13.6. The van der Waals surface area contributed by atoms with Crippen LogP contribution >= 0.6 is 11.6 Å². The Bertz CT molecular complexity index is 616. The number of rotatable bonds is 1. The second-order valence-electron chi connectivity index (χ2n) is 4.60. The Morgan fingerprint density at radius 2 is 1.89 bits per heavy atom. The van der Waals surface area contributed by atoms with E-state index in [0.717, 1.165) is 25.7 Å². The van der Waals surface area contributed by atoms with Crippen LogP contribution in [-0.4, -0.2) is 19.7 Å². The normalized spacial score (nSPS) is 17.5. The van der Waals surface area contributed by atoms with Crippen LogP contribution in [0, 0.1) is 0 Å². The van der Waals surface area contributed by atoms with Crippen molar-refractivity contribution in [2.24, 2.45) is 0 Å². The van der Waals surface area contributed by atoms with Crippen LogP contribution in [0.1, 0.15) is 37.5 Å². The summed E-state index contributed by atoms with van der Waals surface area (Å²) in [6.07, 6.45) is 0.728. The van der Waals surface area contributed by atoms with Gasteiger partial charge in [-0.25, -0.2) is 14.6 Å². The summed E-state index contributed by atoms with van der Waals surface area (Å²) in [5.74, 6) is -1.22. The summed E-state index contributed by atoms with van der Waals surface area (Å²) in [6, 6.07) is 0.101. The summed E-state index contributed by atoms with van der Waals surface area (Å²) in [5.41, 5.74) is 0.166. The second kappa shape index (κ2) is 4.33. The first kappa shape index (κ1) is 12.7. The van der Waals surface area contributed by atoms with Crippen molar-refractivity contribution in [2.45, 2.75) is 37.9 Å². The van der Waals surface area contributed by atoms with Gasteiger partial charge in [0.15, 0.2) is 5.65 Å². The number of aromatic nitrogens is 4. The first-order valence-corrected chi connectivity index (χ1v) is 6.32. The number of halogens is 4. The van der Waals surface area contributed by atoms with Gasteiger partial charge in [-0.1, -0.05) is 24.4 Å². The summed E-state index contributed by atoms with van der Waals surface area (Å²) in [7, 11) is 0. The smallest absolute Gasteiger partial charge is 0.244 e. The van der Waals surface area contributed by atoms with Crippen molar-refractivity contribution in [1.29, 1.82) is 0 Å². The van der Waals surface area contributed by atoms with Crippen molar-refractivity contribution >= 4 is 22.6 Å². The molecule has 3 rings (SSSR count). The lowest BCUT2D eigenvalue weighted by molar-refractivity contribution is -0.144. The SMILES string of the molecule is FC(F)(F)c1nc(Cl)c2cnn(C3CCCC3)c2n1. The van der Waals surface area contributed by atoms with E-state index in [1.807, 2.05) is 0 Å². The fraction of sp³-hybridized carbons (Fsp3) is 0.545. The third-order valence-electron chi connectivity index (χ3n) is 3.33. The van der Waals surface area contributed by atoms with E-state index in [1.54, 1.807) is 4.68 Å². The minimum atomic E-state index is -4.61. The van der Waals surface area contributed by atoms with E-state index in [1.165, 1.54) is 6.20 Å². The molecule has 8 heteroatoms. The van der Waals surface area contributed by atoms with E-state index in [4.69, 9.17) is 11.6 Å². The molecule has 0 atom stereocenters. The largest absolute Gasteiger partial charge is 0.451 e. The van der Waals surface area contributed by atoms with Crippen LogP contribution in [0.15, 0.2) is 6.20 Å². The van der Waals surface area contributed by atoms with E-state index in [0.29, 0.717) is 5.39 Å². The summed E-state index contributed by atoms with van der Waals surface area (Å²) in [5, 5.41) is 4.28. The van der Waals surface area contributed by atoms with Crippen LogP contribution in [0.5, 0.6) is 0 Å². The van der Waals surface area contributed by atoms with Crippen LogP contribution < -0.4 is 0 Å². The molecule has 0 unspecified atom stereocenters. The second-order valence-corrected chi connectivity index (χ2v) is 4.96.